The van der Waals surface area contributed by atoms with Crippen molar-refractivity contribution in [1.82, 2.24) is 0 Å². The highest BCUT2D eigenvalue weighted by atomic mass is 16.5. The Labute approximate surface area is 68.1 Å². The van der Waals surface area contributed by atoms with E-state index >= 15 is 0 Å². The summed E-state index contributed by atoms with van der Waals surface area (Å²) in [6.45, 7) is 2.83. The zero-order chi connectivity index (χ0) is 7.73. The summed E-state index contributed by atoms with van der Waals surface area (Å²) in [4.78, 5) is 0. The number of rotatable bonds is 2. The van der Waals surface area contributed by atoms with Gasteiger partial charge in [-0.1, -0.05) is 0 Å². The molecule has 0 spiro atoms. The van der Waals surface area contributed by atoms with Crippen LogP contribution in [0.3, 0.4) is 0 Å². The number of nitrogens with two attached hydrogens (primary N) is 1. The zero-order valence-corrected chi connectivity index (χ0v) is 7.01. The molecule has 0 aromatic rings. The summed E-state index contributed by atoms with van der Waals surface area (Å²) in [7, 11) is 0. The van der Waals surface area contributed by atoms with Crippen LogP contribution in [-0.2, 0) is 4.74 Å². The lowest BCUT2D eigenvalue weighted by atomic mass is 9.83. The van der Waals surface area contributed by atoms with Gasteiger partial charge in [0.2, 0.25) is 0 Å². The van der Waals surface area contributed by atoms with Gasteiger partial charge in [0.25, 0.3) is 0 Å². The van der Waals surface area contributed by atoms with Crippen LogP contribution in [0.2, 0.25) is 0 Å². The van der Waals surface area contributed by atoms with Crippen LogP contribution >= 0.6 is 0 Å². The van der Waals surface area contributed by atoms with Crippen molar-refractivity contribution in [3.63, 3.8) is 0 Å². The van der Waals surface area contributed by atoms with E-state index in [0.29, 0.717) is 5.41 Å². The van der Waals surface area contributed by atoms with Crippen molar-refractivity contribution in [2.75, 3.05) is 19.8 Å². The van der Waals surface area contributed by atoms with Crippen LogP contribution < -0.4 is 5.73 Å². The summed E-state index contributed by atoms with van der Waals surface area (Å²) in [5, 5.41) is 0. The predicted molar refractivity (Wildman–Crippen MR) is 44.3 cm³/mol. The maximum absolute atomic E-state index is 5.76. The molecule has 1 heterocycles. The summed E-state index contributed by atoms with van der Waals surface area (Å²) < 4.78 is 5.33. The van der Waals surface area contributed by atoms with Crippen LogP contribution in [0.15, 0.2) is 0 Å². The summed E-state index contributed by atoms with van der Waals surface area (Å²) in [5.74, 6) is 0.876. The molecule has 2 aliphatic rings. The second-order valence-electron chi connectivity index (χ2n) is 3.95. The molecule has 2 nitrogen and oxygen atoms in total. The molecule has 0 bridgehead atoms. The van der Waals surface area contributed by atoms with E-state index in [4.69, 9.17) is 10.5 Å². The summed E-state index contributed by atoms with van der Waals surface area (Å²) in [5.41, 5.74) is 6.32. The summed E-state index contributed by atoms with van der Waals surface area (Å²) in [6, 6.07) is 0. The summed E-state index contributed by atoms with van der Waals surface area (Å²) in [6.07, 6.45) is 5.23. The van der Waals surface area contributed by atoms with Crippen molar-refractivity contribution in [2.45, 2.75) is 25.7 Å². The Bertz CT molecular complexity index is 136. The lowest BCUT2D eigenvalue weighted by Gasteiger charge is -2.29. The minimum Gasteiger partial charge on any atom is -0.381 e. The molecule has 1 saturated heterocycles. The molecule has 0 radical (unpaired) electrons. The first-order chi connectivity index (χ1) is 5.37. The monoisotopic (exact) mass is 155 g/mol. The van der Waals surface area contributed by atoms with Gasteiger partial charge in [0.1, 0.15) is 0 Å². The lowest BCUT2D eigenvalue weighted by Crippen LogP contribution is -2.30. The van der Waals surface area contributed by atoms with E-state index in [0.717, 1.165) is 25.7 Å². The molecule has 2 heteroatoms. The van der Waals surface area contributed by atoms with Crippen LogP contribution in [0.4, 0.5) is 0 Å². The maximum atomic E-state index is 5.76. The Morgan fingerprint density at radius 2 is 1.91 bits per heavy atom. The molecule has 0 amide bonds. The smallest absolute Gasteiger partial charge is 0.0468 e. The molecule has 2 fully saturated rings. The molecule has 0 unspecified atom stereocenters. The lowest BCUT2D eigenvalue weighted by molar-refractivity contribution is 0.0425. The van der Waals surface area contributed by atoms with E-state index in [1.54, 1.807) is 0 Å². The normalized spacial score (nSPS) is 30.3. The first kappa shape index (κ1) is 7.56. The minimum atomic E-state index is 0.559. The Balaban J connectivity index is 1.92. The van der Waals surface area contributed by atoms with E-state index in [-0.39, 0.29) is 0 Å². The molecule has 2 N–H and O–H groups in total. The summed E-state index contributed by atoms with van der Waals surface area (Å²) >= 11 is 0. The number of hydrogen-bond acceptors (Lipinski definition) is 2. The molecule has 64 valence electrons. The topological polar surface area (TPSA) is 35.2 Å². The highest BCUT2D eigenvalue weighted by Gasteiger charge is 2.47. The second-order valence-corrected chi connectivity index (χ2v) is 3.95. The third-order valence-corrected chi connectivity index (χ3v) is 3.39. The van der Waals surface area contributed by atoms with Gasteiger partial charge in [-0.2, -0.15) is 0 Å². The molecule has 11 heavy (non-hydrogen) atoms. The van der Waals surface area contributed by atoms with Gasteiger partial charge >= 0.3 is 0 Å². The Morgan fingerprint density at radius 1 is 1.27 bits per heavy atom. The molecule has 1 aliphatic heterocycles. The van der Waals surface area contributed by atoms with Gasteiger partial charge in [-0.05, 0) is 43.6 Å². The molecule has 1 aliphatic carbocycles. The third-order valence-electron chi connectivity index (χ3n) is 3.39. The Hall–Kier alpha value is -0.0800. The van der Waals surface area contributed by atoms with Crippen molar-refractivity contribution in [1.29, 1.82) is 0 Å². The predicted octanol–water partition coefficient (Wildman–Crippen LogP) is 1.15. The minimum absolute atomic E-state index is 0.559. The molecule has 1 saturated carbocycles. The molecular formula is C9H17NO. The van der Waals surface area contributed by atoms with Gasteiger partial charge < -0.3 is 10.5 Å². The molecule has 0 aromatic carbocycles. The molecule has 0 aromatic heterocycles. The molecule has 0 atom stereocenters. The highest BCUT2D eigenvalue weighted by molar-refractivity contribution is 4.99. The fourth-order valence-corrected chi connectivity index (χ4v) is 2.25. The van der Waals surface area contributed by atoms with Crippen molar-refractivity contribution < 1.29 is 4.74 Å². The van der Waals surface area contributed by atoms with E-state index in [2.05, 4.69) is 0 Å². The highest BCUT2D eigenvalue weighted by Crippen LogP contribution is 2.54. The number of ether oxygens (including phenoxy) is 1. The van der Waals surface area contributed by atoms with Crippen molar-refractivity contribution >= 4 is 0 Å². The van der Waals surface area contributed by atoms with Crippen LogP contribution in [0.5, 0.6) is 0 Å². The van der Waals surface area contributed by atoms with Crippen LogP contribution in [-0.4, -0.2) is 19.8 Å². The fourth-order valence-electron chi connectivity index (χ4n) is 2.25. The van der Waals surface area contributed by atoms with Gasteiger partial charge in [0, 0.05) is 13.2 Å². The van der Waals surface area contributed by atoms with E-state index in [1.165, 1.54) is 25.7 Å². The average molecular weight is 155 g/mol. The third kappa shape index (κ3) is 1.30. The van der Waals surface area contributed by atoms with Gasteiger partial charge in [0.15, 0.2) is 0 Å². The van der Waals surface area contributed by atoms with Crippen molar-refractivity contribution in [2.24, 2.45) is 17.1 Å². The largest absolute Gasteiger partial charge is 0.381 e. The van der Waals surface area contributed by atoms with E-state index in [1.807, 2.05) is 0 Å². The van der Waals surface area contributed by atoms with Gasteiger partial charge in [0.05, 0.1) is 0 Å². The SMILES string of the molecule is NCC1(C2CCOCC2)CC1. The van der Waals surface area contributed by atoms with E-state index < -0.39 is 0 Å². The van der Waals surface area contributed by atoms with Crippen LogP contribution in [0.1, 0.15) is 25.7 Å². The maximum Gasteiger partial charge on any atom is 0.0468 e. The van der Waals surface area contributed by atoms with Gasteiger partial charge in [-0.25, -0.2) is 0 Å². The number of hydrogen-bond donors (Lipinski definition) is 1. The Morgan fingerprint density at radius 3 is 2.36 bits per heavy atom. The van der Waals surface area contributed by atoms with Crippen molar-refractivity contribution in [3.8, 4) is 0 Å². The Kier molecular flexibility index (Phi) is 1.90. The zero-order valence-electron chi connectivity index (χ0n) is 7.01. The van der Waals surface area contributed by atoms with Crippen molar-refractivity contribution in [3.05, 3.63) is 0 Å². The molecular weight excluding hydrogens is 138 g/mol. The van der Waals surface area contributed by atoms with Gasteiger partial charge in [-0.15, -0.1) is 0 Å². The first-order valence-electron chi connectivity index (χ1n) is 4.65. The van der Waals surface area contributed by atoms with Crippen LogP contribution in [0.25, 0.3) is 0 Å². The standard InChI is InChI=1S/C9H17NO/c10-7-9(3-4-9)8-1-5-11-6-2-8/h8H,1-7,10H2. The quantitative estimate of drug-likeness (QED) is 0.649. The first-order valence-corrected chi connectivity index (χ1v) is 4.65. The average Bonchev–Trinajstić information content (AvgIpc) is 2.86. The fraction of sp³-hybridized carbons (Fsp3) is 1.00. The second kappa shape index (κ2) is 2.76. The van der Waals surface area contributed by atoms with Gasteiger partial charge in [-0.3, -0.25) is 0 Å². The van der Waals surface area contributed by atoms with E-state index in [9.17, 15) is 0 Å². The van der Waals surface area contributed by atoms with Crippen LogP contribution in [0, 0.1) is 11.3 Å². The molecule has 2 rings (SSSR count).